The third-order valence-electron chi connectivity index (χ3n) is 7.01. The second kappa shape index (κ2) is 9.87. The number of hydrogen-bond donors (Lipinski definition) is 0. The summed E-state index contributed by atoms with van der Waals surface area (Å²) in [7, 11) is 0. The topological polar surface area (TPSA) is 78.9 Å². The second-order valence-corrected chi connectivity index (χ2v) is 9.05. The van der Waals surface area contributed by atoms with Gasteiger partial charge in [0.1, 0.15) is 0 Å². The minimum Gasteiger partial charge on any atom is -0.378 e. The zero-order valence-electron chi connectivity index (χ0n) is 18.9. The first-order chi connectivity index (χ1) is 16.2. The lowest BCUT2D eigenvalue weighted by atomic mass is 9.96. The number of aromatic nitrogens is 2. The molecule has 2 amide bonds. The van der Waals surface area contributed by atoms with E-state index >= 15 is 0 Å². The molecule has 8 nitrogen and oxygen atoms in total. The summed E-state index contributed by atoms with van der Waals surface area (Å²) in [5.41, 5.74) is 1.64. The van der Waals surface area contributed by atoms with Gasteiger partial charge in [-0.05, 0) is 24.8 Å². The molecule has 4 heterocycles. The van der Waals surface area contributed by atoms with Gasteiger partial charge < -0.3 is 19.4 Å². The third-order valence-corrected chi connectivity index (χ3v) is 7.01. The van der Waals surface area contributed by atoms with E-state index in [1.54, 1.807) is 12.4 Å². The highest BCUT2D eigenvalue weighted by Gasteiger charge is 2.42. The van der Waals surface area contributed by atoms with Gasteiger partial charge in [-0.15, -0.1) is 0 Å². The zero-order valence-corrected chi connectivity index (χ0v) is 18.9. The van der Waals surface area contributed by atoms with Crippen LogP contribution >= 0.6 is 0 Å². The van der Waals surface area contributed by atoms with Crippen molar-refractivity contribution in [3.8, 4) is 0 Å². The summed E-state index contributed by atoms with van der Waals surface area (Å²) in [6, 6.07) is 10.2. The molecular weight excluding hydrogens is 418 g/mol. The number of morpholine rings is 1. The molecule has 0 N–H and O–H groups in total. The van der Waals surface area contributed by atoms with E-state index in [4.69, 9.17) is 4.74 Å². The average Bonchev–Trinajstić information content (AvgIpc) is 3.28. The van der Waals surface area contributed by atoms with Crippen LogP contribution in [0.5, 0.6) is 0 Å². The smallest absolute Gasteiger partial charge is 0.257 e. The second-order valence-electron chi connectivity index (χ2n) is 9.05. The van der Waals surface area contributed by atoms with Crippen molar-refractivity contribution in [2.24, 2.45) is 0 Å². The largest absolute Gasteiger partial charge is 0.378 e. The first-order valence-corrected chi connectivity index (χ1v) is 12.0. The van der Waals surface area contributed by atoms with E-state index in [-0.39, 0.29) is 23.9 Å². The molecule has 0 aliphatic carbocycles. The molecule has 3 saturated heterocycles. The lowest BCUT2D eigenvalue weighted by Gasteiger charge is -2.37. The standard InChI is InChI=1S/C25H31N5O3/c31-23-9-5-4-8-21-22(30(23)18-19-6-2-1-3-7-19)10-11-29(21)24(32)20-16-26-25(27-17-20)28-12-14-33-15-13-28/h1-3,6-7,16-17,21-22H,4-5,8-15,18H2/t21-,22+/m1/s1. The van der Waals surface area contributed by atoms with Crippen LogP contribution in [0.1, 0.15) is 48.0 Å². The number of hydrogen-bond acceptors (Lipinski definition) is 6. The van der Waals surface area contributed by atoms with Gasteiger partial charge in [-0.1, -0.05) is 36.8 Å². The Kier molecular flexibility index (Phi) is 6.53. The van der Waals surface area contributed by atoms with E-state index in [9.17, 15) is 9.59 Å². The summed E-state index contributed by atoms with van der Waals surface area (Å²) in [6.45, 7) is 4.10. The van der Waals surface area contributed by atoms with Crippen LogP contribution < -0.4 is 4.90 Å². The average molecular weight is 450 g/mol. The molecule has 2 aromatic rings. The Balaban J connectivity index is 1.33. The Labute approximate surface area is 194 Å². The Morgan fingerprint density at radius 2 is 1.73 bits per heavy atom. The predicted molar refractivity (Wildman–Crippen MR) is 124 cm³/mol. The number of nitrogens with zero attached hydrogens (tertiary/aromatic N) is 5. The van der Waals surface area contributed by atoms with Crippen LogP contribution in [0, 0.1) is 0 Å². The summed E-state index contributed by atoms with van der Waals surface area (Å²) in [5.74, 6) is 0.796. The zero-order chi connectivity index (χ0) is 22.6. The van der Waals surface area contributed by atoms with Crippen LogP contribution in [-0.4, -0.2) is 76.5 Å². The summed E-state index contributed by atoms with van der Waals surface area (Å²) >= 11 is 0. The Bertz CT molecular complexity index is 962. The number of benzene rings is 1. The third kappa shape index (κ3) is 4.71. The molecule has 33 heavy (non-hydrogen) atoms. The van der Waals surface area contributed by atoms with Crippen LogP contribution in [0.4, 0.5) is 5.95 Å². The van der Waals surface area contributed by atoms with E-state index < -0.39 is 0 Å². The van der Waals surface area contributed by atoms with Crippen molar-refractivity contribution in [1.29, 1.82) is 0 Å². The van der Waals surface area contributed by atoms with Gasteiger partial charge in [0, 0.05) is 45.0 Å². The van der Waals surface area contributed by atoms with Crippen LogP contribution in [0.2, 0.25) is 0 Å². The maximum absolute atomic E-state index is 13.4. The maximum atomic E-state index is 13.4. The molecule has 8 heteroatoms. The minimum absolute atomic E-state index is 0.0318. The van der Waals surface area contributed by atoms with Crippen LogP contribution in [0.3, 0.4) is 0 Å². The van der Waals surface area contributed by atoms with E-state index in [1.807, 2.05) is 28.0 Å². The van der Waals surface area contributed by atoms with E-state index in [2.05, 4.69) is 27.0 Å². The molecule has 1 aromatic heterocycles. The quantitative estimate of drug-likeness (QED) is 0.714. The van der Waals surface area contributed by atoms with Gasteiger partial charge in [0.05, 0.1) is 30.9 Å². The number of ether oxygens (including phenoxy) is 1. The number of likely N-dealkylation sites (tertiary alicyclic amines) is 2. The molecule has 0 bridgehead atoms. The number of carbonyl (C=O) groups excluding carboxylic acids is 2. The number of amides is 2. The highest BCUT2D eigenvalue weighted by atomic mass is 16.5. The van der Waals surface area contributed by atoms with Gasteiger partial charge in [0.15, 0.2) is 0 Å². The number of fused-ring (bicyclic) bond motifs is 1. The van der Waals surface area contributed by atoms with E-state index in [0.717, 1.165) is 44.3 Å². The van der Waals surface area contributed by atoms with Crippen LogP contribution in [-0.2, 0) is 16.1 Å². The van der Waals surface area contributed by atoms with Gasteiger partial charge in [-0.2, -0.15) is 0 Å². The lowest BCUT2D eigenvalue weighted by Crippen LogP contribution is -2.49. The first kappa shape index (κ1) is 21.8. The van der Waals surface area contributed by atoms with Crippen LogP contribution in [0.15, 0.2) is 42.7 Å². The fourth-order valence-electron chi connectivity index (χ4n) is 5.27. The van der Waals surface area contributed by atoms with Gasteiger partial charge in [0.2, 0.25) is 11.9 Å². The van der Waals surface area contributed by atoms with E-state index in [1.165, 1.54) is 0 Å². The molecule has 0 saturated carbocycles. The van der Waals surface area contributed by atoms with Crippen molar-refractivity contribution in [2.75, 3.05) is 37.7 Å². The number of carbonyl (C=O) groups is 2. The Hall–Kier alpha value is -3.00. The molecule has 5 rings (SSSR count). The highest BCUT2D eigenvalue weighted by Crippen LogP contribution is 2.32. The summed E-state index contributed by atoms with van der Waals surface area (Å²) in [5, 5.41) is 0. The summed E-state index contributed by atoms with van der Waals surface area (Å²) in [4.78, 5) is 41.5. The molecule has 174 valence electrons. The maximum Gasteiger partial charge on any atom is 0.257 e. The molecule has 2 atom stereocenters. The minimum atomic E-state index is -0.0382. The summed E-state index contributed by atoms with van der Waals surface area (Å²) in [6.07, 6.45) is 7.42. The molecule has 0 spiro atoms. The van der Waals surface area contributed by atoms with Crippen molar-refractivity contribution < 1.29 is 14.3 Å². The van der Waals surface area contributed by atoms with Crippen molar-refractivity contribution in [2.45, 2.75) is 50.7 Å². The van der Waals surface area contributed by atoms with Gasteiger partial charge in [0.25, 0.3) is 5.91 Å². The molecule has 3 fully saturated rings. The molecule has 3 aliphatic heterocycles. The van der Waals surface area contributed by atoms with Gasteiger partial charge in [-0.3, -0.25) is 9.59 Å². The Morgan fingerprint density at radius 3 is 2.48 bits per heavy atom. The fourth-order valence-corrected chi connectivity index (χ4v) is 5.27. The molecule has 0 unspecified atom stereocenters. The van der Waals surface area contributed by atoms with Gasteiger partial charge >= 0.3 is 0 Å². The molecule has 1 aromatic carbocycles. The van der Waals surface area contributed by atoms with Gasteiger partial charge in [-0.25, -0.2) is 9.97 Å². The molecule has 3 aliphatic rings. The number of anilines is 1. The highest BCUT2D eigenvalue weighted by molar-refractivity contribution is 5.94. The van der Waals surface area contributed by atoms with Crippen molar-refractivity contribution >= 4 is 17.8 Å². The first-order valence-electron chi connectivity index (χ1n) is 12.0. The predicted octanol–water partition coefficient (Wildman–Crippen LogP) is 2.50. The lowest BCUT2D eigenvalue weighted by molar-refractivity contribution is -0.135. The molecular formula is C25H31N5O3. The van der Waals surface area contributed by atoms with Crippen LogP contribution in [0.25, 0.3) is 0 Å². The monoisotopic (exact) mass is 449 g/mol. The van der Waals surface area contributed by atoms with Crippen molar-refractivity contribution in [1.82, 2.24) is 19.8 Å². The number of rotatable bonds is 4. The summed E-state index contributed by atoms with van der Waals surface area (Å²) < 4.78 is 5.39. The SMILES string of the molecule is O=C(c1cnc(N2CCOCC2)nc1)N1CC[C@H]2[C@H]1CCCCC(=O)N2Cc1ccccc1. The van der Waals surface area contributed by atoms with Crippen molar-refractivity contribution in [3.05, 3.63) is 53.9 Å². The van der Waals surface area contributed by atoms with Crippen molar-refractivity contribution in [3.63, 3.8) is 0 Å². The Morgan fingerprint density at radius 1 is 0.970 bits per heavy atom. The fraction of sp³-hybridized carbons (Fsp3) is 0.520. The molecule has 0 radical (unpaired) electrons. The van der Waals surface area contributed by atoms with E-state index in [0.29, 0.717) is 44.2 Å². The normalized spacial score (nSPS) is 23.8.